The van der Waals surface area contributed by atoms with E-state index in [1.165, 1.54) is 12.8 Å². The quantitative estimate of drug-likeness (QED) is 0.415. The number of unbranched alkanes of at least 4 members (excludes halogenated alkanes) is 3. The predicted octanol–water partition coefficient (Wildman–Crippen LogP) is 4.40. The van der Waals surface area contributed by atoms with Crippen LogP contribution < -0.4 is 0 Å². The highest BCUT2D eigenvalue weighted by atomic mass is 13.9. The van der Waals surface area contributed by atoms with Gasteiger partial charge in [-0.25, -0.2) is 0 Å². The van der Waals surface area contributed by atoms with Gasteiger partial charge in [-0.2, -0.15) is 0 Å². The lowest BCUT2D eigenvalue weighted by Crippen LogP contribution is -1.70. The molecule has 0 aromatic carbocycles. The highest BCUT2D eigenvalue weighted by molar-refractivity contribution is 4.84. The van der Waals surface area contributed by atoms with Crippen molar-refractivity contribution in [2.75, 3.05) is 0 Å². The van der Waals surface area contributed by atoms with E-state index in [-0.39, 0.29) is 0 Å². The summed E-state index contributed by atoms with van der Waals surface area (Å²) in [6, 6.07) is 0. The van der Waals surface area contributed by atoms with E-state index < -0.39 is 0 Å². The molecule has 0 aromatic heterocycles. The molecule has 0 heterocycles. The zero-order valence-corrected chi connectivity index (χ0v) is 8.84. The largest absolute Gasteiger partial charge is 0.130 e. The van der Waals surface area contributed by atoms with Gasteiger partial charge in [0, 0.05) is 0 Å². The molecular weight excluding hydrogens is 156 g/mol. The second-order valence-corrected chi connectivity index (χ2v) is 2.93. The van der Waals surface area contributed by atoms with Gasteiger partial charge in [-0.1, -0.05) is 6.92 Å². The molecule has 0 amide bonds. The number of rotatable bonds is 6. The van der Waals surface area contributed by atoms with Crippen molar-refractivity contribution in [2.45, 2.75) is 46.0 Å². The summed E-state index contributed by atoms with van der Waals surface area (Å²) in [4.78, 5) is 0. The normalized spacial score (nSPS) is 8.15. The van der Waals surface area contributed by atoms with Gasteiger partial charge in [0.1, 0.15) is 0 Å². The molecule has 0 aliphatic heterocycles. The maximum atomic E-state index is 3.16. The lowest BCUT2D eigenvalue weighted by molar-refractivity contribution is 0.763. The molecule has 0 rings (SSSR count). The molecule has 0 unspecified atom stereocenters. The molecule has 0 aromatic rings. The van der Waals surface area contributed by atoms with E-state index in [2.05, 4.69) is 36.6 Å². The van der Waals surface area contributed by atoms with Crippen LogP contribution in [-0.4, -0.2) is 0 Å². The molecule has 0 atom stereocenters. The molecule has 0 nitrogen and oxygen atoms in total. The van der Waals surface area contributed by atoms with Crippen molar-refractivity contribution < 1.29 is 0 Å². The third-order valence-corrected chi connectivity index (χ3v) is 1.67. The lowest BCUT2D eigenvalue weighted by atomic mass is 10.2. The second-order valence-electron chi connectivity index (χ2n) is 2.93. The van der Waals surface area contributed by atoms with Crippen LogP contribution in [0.1, 0.15) is 46.0 Å². The zero-order chi connectivity index (χ0) is 9.78. The minimum Gasteiger partial charge on any atom is -0.130 e. The van der Waals surface area contributed by atoms with Crippen LogP contribution in [0.3, 0.4) is 0 Å². The van der Waals surface area contributed by atoms with Crippen molar-refractivity contribution in [1.82, 2.24) is 0 Å². The van der Waals surface area contributed by atoms with E-state index in [0.717, 1.165) is 19.3 Å². The summed E-state index contributed by atoms with van der Waals surface area (Å²) < 4.78 is 0. The SMILES string of the molecule is CC=C=CCCCCC=C=CCC. The van der Waals surface area contributed by atoms with Crippen LogP contribution in [-0.2, 0) is 0 Å². The Balaban J connectivity index is 3.26. The van der Waals surface area contributed by atoms with E-state index >= 15 is 0 Å². The Bertz CT molecular complexity index is 208. The van der Waals surface area contributed by atoms with Crippen molar-refractivity contribution in [3.63, 3.8) is 0 Å². The van der Waals surface area contributed by atoms with Crippen LogP contribution >= 0.6 is 0 Å². The average Bonchev–Trinajstić information content (AvgIpc) is 2.16. The third kappa shape index (κ3) is 11.0. The van der Waals surface area contributed by atoms with E-state index in [4.69, 9.17) is 0 Å². The van der Waals surface area contributed by atoms with Crippen LogP contribution in [0.4, 0.5) is 0 Å². The number of allylic oxidation sites excluding steroid dienone is 2. The van der Waals surface area contributed by atoms with E-state index in [9.17, 15) is 0 Å². The van der Waals surface area contributed by atoms with E-state index in [0.29, 0.717) is 0 Å². The summed E-state index contributed by atoms with van der Waals surface area (Å²) >= 11 is 0. The topological polar surface area (TPSA) is 0 Å². The van der Waals surface area contributed by atoms with E-state index in [1.54, 1.807) is 0 Å². The molecule has 13 heavy (non-hydrogen) atoms. The summed E-state index contributed by atoms with van der Waals surface area (Å²) in [6.45, 7) is 4.12. The molecule has 72 valence electrons. The van der Waals surface area contributed by atoms with Crippen LogP contribution in [0.2, 0.25) is 0 Å². The van der Waals surface area contributed by atoms with Crippen LogP contribution in [0.25, 0.3) is 0 Å². The van der Waals surface area contributed by atoms with Gasteiger partial charge in [-0.05, 0) is 63.3 Å². The fraction of sp³-hybridized carbons (Fsp3) is 0.538. The Morgan fingerprint density at radius 2 is 1.54 bits per heavy atom. The Morgan fingerprint density at radius 1 is 0.923 bits per heavy atom. The molecule has 0 saturated heterocycles. The van der Waals surface area contributed by atoms with Gasteiger partial charge in [-0.15, -0.1) is 11.5 Å². The maximum absolute atomic E-state index is 3.16. The van der Waals surface area contributed by atoms with Crippen molar-refractivity contribution >= 4 is 0 Å². The Hall–Kier alpha value is -0.960. The first-order valence-corrected chi connectivity index (χ1v) is 5.16. The van der Waals surface area contributed by atoms with Gasteiger partial charge in [0.05, 0.1) is 0 Å². The third-order valence-electron chi connectivity index (χ3n) is 1.67. The smallest absolute Gasteiger partial charge is 0.0274 e. The minimum absolute atomic E-state index is 1.08. The molecule has 0 radical (unpaired) electrons. The van der Waals surface area contributed by atoms with Crippen molar-refractivity contribution in [3.8, 4) is 0 Å². The molecule has 0 heteroatoms. The van der Waals surface area contributed by atoms with Gasteiger partial charge in [-0.3, -0.25) is 0 Å². The summed E-state index contributed by atoms with van der Waals surface area (Å²) in [5, 5.41) is 0. The average molecular weight is 176 g/mol. The molecule has 0 fully saturated rings. The van der Waals surface area contributed by atoms with Gasteiger partial charge in [0.15, 0.2) is 0 Å². The zero-order valence-electron chi connectivity index (χ0n) is 8.84. The molecular formula is C13H20. The van der Waals surface area contributed by atoms with Gasteiger partial charge < -0.3 is 0 Å². The maximum Gasteiger partial charge on any atom is -0.0274 e. The van der Waals surface area contributed by atoms with Gasteiger partial charge >= 0.3 is 0 Å². The Kier molecular flexibility index (Phi) is 10.2. The molecule has 0 spiro atoms. The van der Waals surface area contributed by atoms with Crippen LogP contribution in [0.15, 0.2) is 35.8 Å². The Morgan fingerprint density at radius 3 is 2.08 bits per heavy atom. The molecule has 0 aliphatic carbocycles. The summed E-state index contributed by atoms with van der Waals surface area (Å²) in [5.41, 5.74) is 6.23. The van der Waals surface area contributed by atoms with Crippen molar-refractivity contribution in [1.29, 1.82) is 0 Å². The summed E-state index contributed by atoms with van der Waals surface area (Å²) in [5.74, 6) is 0. The Labute approximate surface area is 82.4 Å². The first-order chi connectivity index (χ1) is 6.41. The highest BCUT2D eigenvalue weighted by Crippen LogP contribution is 2.00. The molecule has 0 saturated carbocycles. The fourth-order valence-electron chi connectivity index (χ4n) is 0.979. The van der Waals surface area contributed by atoms with E-state index in [1.807, 2.05) is 13.0 Å². The molecule has 0 N–H and O–H groups in total. The van der Waals surface area contributed by atoms with Crippen molar-refractivity contribution in [3.05, 3.63) is 35.8 Å². The van der Waals surface area contributed by atoms with Crippen molar-refractivity contribution in [2.24, 2.45) is 0 Å². The highest BCUT2D eigenvalue weighted by Gasteiger charge is 1.81. The predicted molar refractivity (Wildman–Crippen MR) is 59.7 cm³/mol. The van der Waals surface area contributed by atoms with Gasteiger partial charge in [0.2, 0.25) is 0 Å². The van der Waals surface area contributed by atoms with Crippen LogP contribution in [0.5, 0.6) is 0 Å². The van der Waals surface area contributed by atoms with Gasteiger partial charge in [0.25, 0.3) is 0 Å². The first-order valence-electron chi connectivity index (χ1n) is 5.16. The lowest BCUT2D eigenvalue weighted by Gasteiger charge is -1.89. The summed E-state index contributed by atoms with van der Waals surface area (Å²) in [7, 11) is 0. The monoisotopic (exact) mass is 176 g/mol. The minimum atomic E-state index is 1.08. The fourth-order valence-corrected chi connectivity index (χ4v) is 0.979. The first kappa shape index (κ1) is 12.0. The summed E-state index contributed by atoms with van der Waals surface area (Å²) in [6.07, 6.45) is 14.1. The molecule has 0 aliphatic rings. The standard InChI is InChI=1S/C13H20/c1-3-5-7-9-11-13-12-10-8-6-4-2/h3,6-7,10H,4,9,11-13H2,1-2H3. The number of hydrogen-bond acceptors (Lipinski definition) is 0. The second kappa shape index (κ2) is 11.0. The van der Waals surface area contributed by atoms with Crippen LogP contribution in [0, 0.1) is 0 Å². The molecule has 0 bridgehead atoms. The number of hydrogen-bond donors (Lipinski definition) is 0.